The SMILES string of the molecule is CC(C)(C)S(=O)CCNC(=O)NCCCOc1ccc(F)cc1. The first-order chi connectivity index (χ1) is 10.8. The van der Waals surface area contributed by atoms with Crippen LogP contribution in [0.1, 0.15) is 27.2 Å². The van der Waals surface area contributed by atoms with Gasteiger partial charge in [-0.1, -0.05) is 0 Å². The van der Waals surface area contributed by atoms with E-state index < -0.39 is 10.8 Å². The average Bonchev–Trinajstić information content (AvgIpc) is 2.47. The van der Waals surface area contributed by atoms with Crippen LogP contribution >= 0.6 is 0 Å². The van der Waals surface area contributed by atoms with Gasteiger partial charge in [-0.05, 0) is 51.5 Å². The summed E-state index contributed by atoms with van der Waals surface area (Å²) >= 11 is 0. The molecule has 1 aromatic carbocycles. The van der Waals surface area contributed by atoms with E-state index in [0.29, 0.717) is 37.6 Å². The normalized spacial score (nSPS) is 12.5. The lowest BCUT2D eigenvalue weighted by molar-refractivity contribution is 0.239. The maximum absolute atomic E-state index is 12.7. The fourth-order valence-corrected chi connectivity index (χ4v) is 2.52. The van der Waals surface area contributed by atoms with Crippen molar-refractivity contribution in [3.63, 3.8) is 0 Å². The van der Waals surface area contributed by atoms with Crippen molar-refractivity contribution in [3.8, 4) is 5.75 Å². The number of amides is 2. The molecule has 0 aliphatic rings. The van der Waals surface area contributed by atoms with Gasteiger partial charge in [0.25, 0.3) is 0 Å². The Balaban J connectivity index is 2.06. The van der Waals surface area contributed by atoms with E-state index in [0.717, 1.165) is 0 Å². The largest absolute Gasteiger partial charge is 0.494 e. The Labute approximate surface area is 139 Å². The number of ether oxygens (including phenoxy) is 1. The molecule has 130 valence electrons. The van der Waals surface area contributed by atoms with Gasteiger partial charge in [-0.3, -0.25) is 4.21 Å². The van der Waals surface area contributed by atoms with E-state index in [1.807, 2.05) is 20.8 Å². The van der Waals surface area contributed by atoms with Crippen LogP contribution in [0.4, 0.5) is 9.18 Å². The van der Waals surface area contributed by atoms with Crippen LogP contribution in [0.25, 0.3) is 0 Å². The van der Waals surface area contributed by atoms with Gasteiger partial charge in [-0.25, -0.2) is 9.18 Å². The second-order valence-corrected chi connectivity index (χ2v) is 8.32. The predicted molar refractivity (Wildman–Crippen MR) is 90.7 cm³/mol. The van der Waals surface area contributed by atoms with Crippen molar-refractivity contribution in [2.24, 2.45) is 0 Å². The van der Waals surface area contributed by atoms with E-state index >= 15 is 0 Å². The summed E-state index contributed by atoms with van der Waals surface area (Å²) < 4.78 is 29.7. The van der Waals surface area contributed by atoms with Gasteiger partial charge in [0, 0.05) is 34.4 Å². The Hall–Kier alpha value is -1.63. The van der Waals surface area contributed by atoms with Crippen molar-refractivity contribution < 1.29 is 18.1 Å². The van der Waals surface area contributed by atoms with Crippen LogP contribution in [-0.4, -0.2) is 40.4 Å². The molecule has 1 rings (SSSR count). The predicted octanol–water partition coefficient (Wildman–Crippen LogP) is 2.44. The molecule has 0 saturated heterocycles. The average molecular weight is 344 g/mol. The lowest BCUT2D eigenvalue weighted by atomic mass is 10.3. The van der Waals surface area contributed by atoms with Crippen LogP contribution in [0.5, 0.6) is 5.75 Å². The van der Waals surface area contributed by atoms with Crippen LogP contribution in [-0.2, 0) is 10.8 Å². The first kappa shape index (κ1) is 19.4. The number of benzene rings is 1. The molecule has 0 aromatic heterocycles. The number of urea groups is 1. The summed E-state index contributed by atoms with van der Waals surface area (Å²) in [5.41, 5.74) is 0. The third-order valence-electron chi connectivity index (χ3n) is 2.95. The van der Waals surface area contributed by atoms with Crippen molar-refractivity contribution in [3.05, 3.63) is 30.1 Å². The minimum Gasteiger partial charge on any atom is -0.494 e. The van der Waals surface area contributed by atoms with E-state index in [2.05, 4.69) is 10.6 Å². The third kappa shape index (κ3) is 8.54. The zero-order chi connectivity index (χ0) is 17.3. The van der Waals surface area contributed by atoms with Gasteiger partial charge in [0.1, 0.15) is 11.6 Å². The smallest absolute Gasteiger partial charge is 0.314 e. The maximum atomic E-state index is 12.7. The van der Waals surface area contributed by atoms with Crippen LogP contribution < -0.4 is 15.4 Å². The molecule has 2 amide bonds. The van der Waals surface area contributed by atoms with Crippen LogP contribution in [0.2, 0.25) is 0 Å². The highest BCUT2D eigenvalue weighted by Crippen LogP contribution is 2.11. The molecular weight excluding hydrogens is 319 g/mol. The van der Waals surface area contributed by atoms with Crippen molar-refractivity contribution in [1.29, 1.82) is 0 Å². The van der Waals surface area contributed by atoms with E-state index in [9.17, 15) is 13.4 Å². The molecule has 0 aliphatic heterocycles. The molecule has 1 atom stereocenters. The summed E-state index contributed by atoms with van der Waals surface area (Å²) in [4.78, 5) is 11.5. The monoisotopic (exact) mass is 344 g/mol. The van der Waals surface area contributed by atoms with Crippen molar-refractivity contribution in [2.45, 2.75) is 31.9 Å². The van der Waals surface area contributed by atoms with Gasteiger partial charge in [0.15, 0.2) is 0 Å². The second kappa shape index (κ2) is 9.50. The van der Waals surface area contributed by atoms with E-state index in [4.69, 9.17) is 4.74 Å². The van der Waals surface area contributed by atoms with Crippen molar-refractivity contribution >= 4 is 16.8 Å². The summed E-state index contributed by atoms with van der Waals surface area (Å²) in [7, 11) is -0.975. The number of rotatable bonds is 8. The Bertz CT molecular complexity index is 515. The van der Waals surface area contributed by atoms with Crippen LogP contribution in [0.15, 0.2) is 24.3 Å². The highest BCUT2D eigenvalue weighted by molar-refractivity contribution is 7.86. The standard InChI is InChI=1S/C16H25FN2O3S/c1-16(2,3)23(21)12-10-19-15(20)18-9-4-11-22-14-7-5-13(17)6-8-14/h5-8H,4,9-12H2,1-3H3,(H2,18,19,20). The van der Waals surface area contributed by atoms with Crippen LogP contribution in [0, 0.1) is 5.82 Å². The topological polar surface area (TPSA) is 67.4 Å². The minimum absolute atomic E-state index is 0.268. The Morgan fingerprint density at radius 2 is 1.78 bits per heavy atom. The molecule has 1 aromatic rings. The van der Waals surface area contributed by atoms with Crippen LogP contribution in [0.3, 0.4) is 0 Å². The molecule has 1 unspecified atom stereocenters. The van der Waals surface area contributed by atoms with Gasteiger partial charge >= 0.3 is 6.03 Å². The molecular formula is C16H25FN2O3S. The van der Waals surface area contributed by atoms with Gasteiger partial charge in [0.2, 0.25) is 0 Å². The summed E-state index contributed by atoms with van der Waals surface area (Å²) in [6, 6.07) is 5.51. The van der Waals surface area contributed by atoms with Gasteiger partial charge in [0.05, 0.1) is 6.61 Å². The summed E-state index contributed by atoms with van der Waals surface area (Å²) in [5, 5.41) is 5.38. The number of carbonyl (C=O) groups is 1. The Morgan fingerprint density at radius 3 is 2.39 bits per heavy atom. The molecule has 0 aliphatic carbocycles. The summed E-state index contributed by atoms with van der Waals surface area (Å²) in [6.07, 6.45) is 0.638. The molecule has 0 heterocycles. The highest BCUT2D eigenvalue weighted by atomic mass is 32.2. The first-order valence-electron chi connectivity index (χ1n) is 7.57. The number of nitrogens with one attached hydrogen (secondary N) is 2. The molecule has 0 spiro atoms. The zero-order valence-corrected chi connectivity index (χ0v) is 14.7. The molecule has 0 saturated carbocycles. The highest BCUT2D eigenvalue weighted by Gasteiger charge is 2.18. The number of carbonyl (C=O) groups excluding carboxylic acids is 1. The first-order valence-corrected chi connectivity index (χ1v) is 8.89. The molecule has 7 heteroatoms. The molecule has 23 heavy (non-hydrogen) atoms. The van der Waals surface area contributed by atoms with E-state index in [1.165, 1.54) is 12.1 Å². The number of halogens is 1. The Morgan fingerprint density at radius 1 is 1.17 bits per heavy atom. The van der Waals surface area contributed by atoms with E-state index in [-0.39, 0.29) is 16.6 Å². The molecule has 2 N–H and O–H groups in total. The quantitative estimate of drug-likeness (QED) is 0.712. The number of hydrogen-bond donors (Lipinski definition) is 2. The lowest BCUT2D eigenvalue weighted by Crippen LogP contribution is -2.39. The summed E-state index contributed by atoms with van der Waals surface area (Å²) in [5.74, 6) is 0.730. The third-order valence-corrected chi connectivity index (χ3v) is 4.89. The zero-order valence-electron chi connectivity index (χ0n) is 13.9. The number of hydrogen-bond acceptors (Lipinski definition) is 3. The van der Waals surface area contributed by atoms with Gasteiger partial charge in [-0.15, -0.1) is 0 Å². The second-order valence-electron chi connectivity index (χ2n) is 6.00. The molecule has 5 nitrogen and oxygen atoms in total. The molecule has 0 fully saturated rings. The fourth-order valence-electron chi connectivity index (χ4n) is 1.62. The minimum atomic E-state index is -0.975. The van der Waals surface area contributed by atoms with Gasteiger partial charge in [-0.2, -0.15) is 0 Å². The van der Waals surface area contributed by atoms with Crippen molar-refractivity contribution in [1.82, 2.24) is 10.6 Å². The molecule has 0 bridgehead atoms. The Kier molecular flexibility index (Phi) is 8.02. The van der Waals surface area contributed by atoms with Crippen molar-refractivity contribution in [2.75, 3.05) is 25.4 Å². The summed E-state index contributed by atoms with van der Waals surface area (Å²) in [6.45, 7) is 7.00. The maximum Gasteiger partial charge on any atom is 0.314 e. The van der Waals surface area contributed by atoms with Gasteiger partial charge < -0.3 is 15.4 Å². The lowest BCUT2D eigenvalue weighted by Gasteiger charge is -2.17. The fraction of sp³-hybridized carbons (Fsp3) is 0.562. The van der Waals surface area contributed by atoms with E-state index in [1.54, 1.807) is 12.1 Å². The molecule has 0 radical (unpaired) electrons.